The molecule has 1 aromatic carbocycles. The van der Waals surface area contributed by atoms with Crippen LogP contribution in [0.25, 0.3) is 10.9 Å². The average Bonchev–Trinajstić information content (AvgIpc) is 2.38. The van der Waals surface area contributed by atoms with Gasteiger partial charge in [-0.1, -0.05) is 12.1 Å². The Bertz CT molecular complexity index is 700. The summed E-state index contributed by atoms with van der Waals surface area (Å²) in [5.41, 5.74) is -0.371. The minimum absolute atomic E-state index is 0.155. The zero-order chi connectivity index (χ0) is 13.1. The van der Waals surface area contributed by atoms with Crippen LogP contribution in [0.5, 0.6) is 0 Å². The molecule has 1 aromatic heterocycles. The lowest BCUT2D eigenvalue weighted by Gasteiger charge is -2.08. The van der Waals surface area contributed by atoms with Crippen molar-refractivity contribution < 1.29 is 4.79 Å². The van der Waals surface area contributed by atoms with Gasteiger partial charge >= 0.3 is 5.69 Å². The van der Waals surface area contributed by atoms with E-state index >= 15 is 0 Å². The van der Waals surface area contributed by atoms with Gasteiger partial charge in [0.25, 0.3) is 5.56 Å². The molecule has 1 amide bonds. The first-order chi connectivity index (χ1) is 8.63. The van der Waals surface area contributed by atoms with Crippen molar-refractivity contribution in [3.8, 4) is 0 Å². The summed E-state index contributed by atoms with van der Waals surface area (Å²) in [6.07, 6.45) is 0.187. The van der Waals surface area contributed by atoms with Crippen LogP contribution in [0.3, 0.4) is 0 Å². The minimum atomic E-state index is -0.498. The number of amides is 1. The van der Waals surface area contributed by atoms with Gasteiger partial charge in [0.15, 0.2) is 0 Å². The highest BCUT2D eigenvalue weighted by Crippen LogP contribution is 2.06. The molecule has 1 heterocycles. The Hall–Kier alpha value is -2.37. The van der Waals surface area contributed by atoms with Crippen molar-refractivity contribution in [3.05, 3.63) is 45.1 Å². The highest BCUT2D eigenvalue weighted by Gasteiger charge is 2.07. The van der Waals surface area contributed by atoms with Gasteiger partial charge in [0.05, 0.1) is 10.9 Å². The molecule has 0 aliphatic rings. The first-order valence-electron chi connectivity index (χ1n) is 5.56. The van der Waals surface area contributed by atoms with Crippen LogP contribution < -0.4 is 16.6 Å². The summed E-state index contributed by atoms with van der Waals surface area (Å²) in [5.74, 6) is -0.155. The fraction of sp³-hybridized carbons (Fsp3) is 0.250. The van der Waals surface area contributed by atoms with Crippen LogP contribution in [-0.2, 0) is 11.3 Å². The lowest BCUT2D eigenvalue weighted by Crippen LogP contribution is -2.31. The Balaban J connectivity index is 2.53. The smallest absolute Gasteiger partial charge is 0.328 e. The lowest BCUT2D eigenvalue weighted by atomic mass is 10.2. The molecule has 0 aliphatic carbocycles. The van der Waals surface area contributed by atoms with Crippen molar-refractivity contribution in [2.75, 3.05) is 7.05 Å². The van der Waals surface area contributed by atoms with Crippen LogP contribution in [0.4, 0.5) is 0 Å². The molecule has 6 nitrogen and oxygen atoms in total. The molecule has 0 atom stereocenters. The standard InChI is InChI=1S/C12H13N3O3/c1-13-10(16)6-7-15-9-5-3-2-4-8(9)11(17)14-12(15)18/h2-5H,6-7H2,1H3,(H,13,16)(H,14,17,18). The highest BCUT2D eigenvalue weighted by atomic mass is 16.2. The number of benzene rings is 1. The SMILES string of the molecule is CNC(=O)CCn1c(=O)[nH]c(=O)c2ccccc21. The number of aryl methyl sites for hydroxylation is 1. The molecule has 0 aliphatic heterocycles. The summed E-state index contributed by atoms with van der Waals surface area (Å²) in [6.45, 7) is 0.232. The van der Waals surface area contributed by atoms with Crippen molar-refractivity contribution in [1.29, 1.82) is 0 Å². The molecule has 2 rings (SSSR count). The number of para-hydroxylation sites is 1. The second-order valence-corrected chi connectivity index (χ2v) is 3.85. The van der Waals surface area contributed by atoms with Crippen molar-refractivity contribution in [1.82, 2.24) is 14.9 Å². The van der Waals surface area contributed by atoms with Gasteiger partial charge in [0.2, 0.25) is 5.91 Å². The van der Waals surface area contributed by atoms with E-state index in [1.807, 2.05) is 0 Å². The topological polar surface area (TPSA) is 84.0 Å². The molecule has 2 N–H and O–H groups in total. The maximum atomic E-state index is 11.7. The summed E-state index contributed by atoms with van der Waals surface area (Å²) in [7, 11) is 1.54. The molecular weight excluding hydrogens is 234 g/mol. The summed E-state index contributed by atoms with van der Waals surface area (Å²) in [4.78, 5) is 36.8. The Morgan fingerprint density at radius 3 is 2.78 bits per heavy atom. The number of rotatable bonds is 3. The van der Waals surface area contributed by atoms with Gasteiger partial charge in [-0.25, -0.2) is 4.79 Å². The molecule has 0 unspecified atom stereocenters. The molecule has 2 aromatic rings. The molecule has 6 heteroatoms. The van der Waals surface area contributed by atoms with Gasteiger partial charge in [-0.2, -0.15) is 0 Å². The second kappa shape index (κ2) is 4.87. The van der Waals surface area contributed by atoms with E-state index in [2.05, 4.69) is 10.3 Å². The van der Waals surface area contributed by atoms with E-state index < -0.39 is 11.2 Å². The largest absolute Gasteiger partial charge is 0.359 e. The van der Waals surface area contributed by atoms with E-state index in [-0.39, 0.29) is 18.9 Å². The molecule has 0 bridgehead atoms. The molecule has 94 valence electrons. The number of fused-ring (bicyclic) bond motifs is 1. The van der Waals surface area contributed by atoms with E-state index in [1.54, 1.807) is 24.3 Å². The quantitative estimate of drug-likeness (QED) is 0.789. The van der Waals surface area contributed by atoms with E-state index in [1.165, 1.54) is 11.6 Å². The Labute approximate surface area is 102 Å². The normalized spacial score (nSPS) is 10.5. The van der Waals surface area contributed by atoms with Crippen LogP contribution in [-0.4, -0.2) is 22.5 Å². The highest BCUT2D eigenvalue weighted by molar-refractivity contribution is 5.78. The number of nitrogens with zero attached hydrogens (tertiary/aromatic N) is 1. The van der Waals surface area contributed by atoms with Crippen molar-refractivity contribution >= 4 is 16.8 Å². The van der Waals surface area contributed by atoms with E-state index in [9.17, 15) is 14.4 Å². The third-order valence-electron chi connectivity index (χ3n) is 2.75. The Morgan fingerprint density at radius 2 is 2.06 bits per heavy atom. The predicted octanol–water partition coefficient (Wildman–Crippen LogP) is -0.174. The Morgan fingerprint density at radius 1 is 1.33 bits per heavy atom. The number of hydrogen-bond donors (Lipinski definition) is 2. The summed E-state index contributed by atoms with van der Waals surface area (Å²) >= 11 is 0. The number of nitrogens with one attached hydrogen (secondary N) is 2. The summed E-state index contributed by atoms with van der Waals surface area (Å²) < 4.78 is 1.39. The van der Waals surface area contributed by atoms with Crippen molar-refractivity contribution in [3.63, 3.8) is 0 Å². The molecular formula is C12H13N3O3. The minimum Gasteiger partial charge on any atom is -0.359 e. The number of carbonyl (C=O) groups is 1. The summed E-state index contributed by atoms with van der Waals surface area (Å²) in [5, 5.41) is 2.93. The van der Waals surface area contributed by atoms with Crippen LogP contribution in [0.15, 0.2) is 33.9 Å². The molecule has 0 spiro atoms. The number of hydrogen-bond acceptors (Lipinski definition) is 3. The van der Waals surface area contributed by atoms with Gasteiger partial charge in [0.1, 0.15) is 0 Å². The monoisotopic (exact) mass is 247 g/mol. The lowest BCUT2D eigenvalue weighted by molar-refractivity contribution is -0.120. The van der Waals surface area contributed by atoms with Crippen LogP contribution in [0.1, 0.15) is 6.42 Å². The van der Waals surface area contributed by atoms with Crippen LogP contribution in [0.2, 0.25) is 0 Å². The van der Waals surface area contributed by atoms with Gasteiger partial charge < -0.3 is 5.32 Å². The molecule has 0 fully saturated rings. The number of carbonyl (C=O) groups excluding carboxylic acids is 1. The van der Waals surface area contributed by atoms with Gasteiger partial charge in [0, 0.05) is 20.0 Å². The van der Waals surface area contributed by atoms with Crippen molar-refractivity contribution in [2.24, 2.45) is 0 Å². The number of aromatic nitrogens is 2. The fourth-order valence-electron chi connectivity index (χ4n) is 1.80. The molecule has 0 radical (unpaired) electrons. The molecule has 18 heavy (non-hydrogen) atoms. The molecule has 0 saturated carbocycles. The average molecular weight is 247 g/mol. The van der Waals surface area contributed by atoms with E-state index in [4.69, 9.17) is 0 Å². The zero-order valence-electron chi connectivity index (χ0n) is 9.90. The first-order valence-corrected chi connectivity index (χ1v) is 5.56. The third kappa shape index (κ3) is 2.17. The second-order valence-electron chi connectivity index (χ2n) is 3.85. The maximum Gasteiger partial charge on any atom is 0.328 e. The molecule has 0 saturated heterocycles. The van der Waals surface area contributed by atoms with Crippen molar-refractivity contribution in [2.45, 2.75) is 13.0 Å². The Kier molecular flexibility index (Phi) is 3.27. The van der Waals surface area contributed by atoms with Gasteiger partial charge in [-0.15, -0.1) is 0 Å². The predicted molar refractivity (Wildman–Crippen MR) is 67.5 cm³/mol. The van der Waals surface area contributed by atoms with Crippen LogP contribution in [0, 0.1) is 0 Å². The number of aromatic amines is 1. The van der Waals surface area contributed by atoms with E-state index in [0.717, 1.165) is 0 Å². The zero-order valence-corrected chi connectivity index (χ0v) is 9.90. The number of H-pyrrole nitrogens is 1. The van der Waals surface area contributed by atoms with E-state index in [0.29, 0.717) is 10.9 Å². The maximum absolute atomic E-state index is 11.7. The summed E-state index contributed by atoms with van der Waals surface area (Å²) in [6, 6.07) is 6.81. The first kappa shape index (κ1) is 12.1. The van der Waals surface area contributed by atoms with Crippen LogP contribution >= 0.6 is 0 Å². The fourth-order valence-corrected chi connectivity index (χ4v) is 1.80. The van der Waals surface area contributed by atoms with Gasteiger partial charge in [-0.05, 0) is 12.1 Å². The van der Waals surface area contributed by atoms with Gasteiger partial charge in [-0.3, -0.25) is 19.1 Å². The third-order valence-corrected chi connectivity index (χ3v) is 2.75.